The number of rotatable bonds is 5. The molecular formula is C27H24BrN3O5. The molecule has 2 saturated heterocycles. The molecule has 1 N–H and O–H groups in total. The molecule has 184 valence electrons. The molecule has 0 aliphatic carbocycles. The zero-order valence-corrected chi connectivity index (χ0v) is 21.5. The van der Waals surface area contributed by atoms with Gasteiger partial charge in [0.25, 0.3) is 11.8 Å². The van der Waals surface area contributed by atoms with Crippen molar-refractivity contribution in [2.75, 3.05) is 19.1 Å². The number of carbonyl (C=O) groups is 3. The number of nitrogens with one attached hydrogen (secondary N) is 1. The van der Waals surface area contributed by atoms with Gasteiger partial charge in [0.05, 0.1) is 31.9 Å². The lowest BCUT2D eigenvalue weighted by Gasteiger charge is -2.26. The van der Waals surface area contributed by atoms with E-state index in [0.29, 0.717) is 28.3 Å². The van der Waals surface area contributed by atoms with Crippen LogP contribution < -0.4 is 19.8 Å². The second kappa shape index (κ2) is 9.40. The summed E-state index contributed by atoms with van der Waals surface area (Å²) < 4.78 is 11.6. The zero-order valence-electron chi connectivity index (χ0n) is 19.9. The first-order valence-corrected chi connectivity index (χ1v) is 12.1. The van der Waals surface area contributed by atoms with Gasteiger partial charge in [0.15, 0.2) is 0 Å². The van der Waals surface area contributed by atoms with Crippen molar-refractivity contribution in [3.8, 4) is 11.5 Å². The molecule has 2 fully saturated rings. The summed E-state index contributed by atoms with van der Waals surface area (Å²) in [5.74, 6) is -1.03. The Morgan fingerprint density at radius 2 is 1.69 bits per heavy atom. The topological polar surface area (TPSA) is 88.2 Å². The highest BCUT2D eigenvalue weighted by Gasteiger charge is 2.60. The van der Waals surface area contributed by atoms with Gasteiger partial charge in [0.1, 0.15) is 17.5 Å². The van der Waals surface area contributed by atoms with Gasteiger partial charge < -0.3 is 9.47 Å². The number of imide groups is 1. The van der Waals surface area contributed by atoms with Gasteiger partial charge in [0.2, 0.25) is 5.91 Å². The molecular weight excluding hydrogens is 526 g/mol. The number of benzene rings is 3. The highest BCUT2D eigenvalue weighted by atomic mass is 79.9. The lowest BCUT2D eigenvalue weighted by molar-refractivity contribution is -0.123. The van der Waals surface area contributed by atoms with Crippen LogP contribution in [0.5, 0.6) is 11.5 Å². The van der Waals surface area contributed by atoms with E-state index < -0.39 is 29.8 Å². The maximum atomic E-state index is 13.8. The molecule has 3 aromatic rings. The van der Waals surface area contributed by atoms with Gasteiger partial charge in [-0.05, 0) is 49.4 Å². The van der Waals surface area contributed by atoms with Crippen LogP contribution >= 0.6 is 15.9 Å². The molecule has 9 heteroatoms. The summed E-state index contributed by atoms with van der Waals surface area (Å²) >= 11 is 3.39. The number of hydrogen-bond donors (Lipinski definition) is 1. The molecule has 2 heterocycles. The maximum absolute atomic E-state index is 13.8. The minimum atomic E-state index is -1.03. The van der Waals surface area contributed by atoms with E-state index >= 15 is 0 Å². The molecule has 3 amide bonds. The van der Waals surface area contributed by atoms with E-state index in [1.807, 2.05) is 25.1 Å². The molecule has 0 bridgehead atoms. The molecule has 3 aromatic carbocycles. The Hall–Kier alpha value is -3.69. The van der Waals surface area contributed by atoms with Crippen molar-refractivity contribution in [1.82, 2.24) is 10.4 Å². The SMILES string of the molecule is COc1ccc([C@@H]2NN(C(=O)c3cccc(Br)c3)[C@H]3C(=O)N(c4ccc(C)cc4)C(=O)[C@H]23)c(OC)c1. The van der Waals surface area contributed by atoms with Crippen LogP contribution in [0.25, 0.3) is 0 Å². The third kappa shape index (κ3) is 3.94. The molecule has 2 aliphatic heterocycles. The Bertz CT molecular complexity index is 1360. The molecule has 2 aliphatic rings. The highest BCUT2D eigenvalue weighted by molar-refractivity contribution is 9.10. The van der Waals surface area contributed by atoms with Crippen LogP contribution in [0.4, 0.5) is 5.69 Å². The Kier molecular flexibility index (Phi) is 6.27. The van der Waals surface area contributed by atoms with Gasteiger partial charge in [-0.25, -0.2) is 10.3 Å². The second-order valence-electron chi connectivity index (χ2n) is 8.72. The Labute approximate surface area is 216 Å². The van der Waals surface area contributed by atoms with Crippen LogP contribution in [-0.4, -0.2) is 43.0 Å². The normalized spacial score (nSPS) is 21.1. The number of nitrogens with zero attached hydrogens (tertiary/aromatic N) is 2. The van der Waals surface area contributed by atoms with Crippen molar-refractivity contribution in [3.05, 3.63) is 87.9 Å². The van der Waals surface area contributed by atoms with Crippen LogP contribution in [0, 0.1) is 12.8 Å². The van der Waals surface area contributed by atoms with E-state index in [2.05, 4.69) is 21.4 Å². The maximum Gasteiger partial charge on any atom is 0.268 e. The molecule has 8 nitrogen and oxygen atoms in total. The first-order valence-electron chi connectivity index (χ1n) is 11.4. The van der Waals surface area contributed by atoms with Gasteiger partial charge in [-0.1, -0.05) is 39.7 Å². The predicted octanol–water partition coefficient (Wildman–Crippen LogP) is 4.03. The fourth-order valence-electron chi connectivity index (χ4n) is 4.82. The van der Waals surface area contributed by atoms with Gasteiger partial charge in [0, 0.05) is 21.7 Å². The Balaban J connectivity index is 1.61. The summed E-state index contributed by atoms with van der Waals surface area (Å²) in [6.45, 7) is 1.93. The largest absolute Gasteiger partial charge is 0.497 e. The molecule has 0 unspecified atom stereocenters. The summed E-state index contributed by atoms with van der Waals surface area (Å²) in [7, 11) is 3.07. The van der Waals surface area contributed by atoms with Gasteiger partial charge in [-0.15, -0.1) is 0 Å². The first-order chi connectivity index (χ1) is 17.3. The van der Waals surface area contributed by atoms with Gasteiger partial charge in [-0.3, -0.25) is 19.4 Å². The fourth-order valence-corrected chi connectivity index (χ4v) is 5.22. The van der Waals surface area contributed by atoms with E-state index in [4.69, 9.17) is 9.47 Å². The third-order valence-electron chi connectivity index (χ3n) is 6.59. The number of halogens is 1. The number of hydrazine groups is 1. The summed E-state index contributed by atoms with van der Waals surface area (Å²) in [6.07, 6.45) is 0. The van der Waals surface area contributed by atoms with Crippen LogP contribution in [0.1, 0.15) is 27.5 Å². The van der Waals surface area contributed by atoms with Crippen molar-refractivity contribution >= 4 is 39.3 Å². The number of amides is 3. The lowest BCUT2D eigenvalue weighted by atomic mass is 9.90. The van der Waals surface area contributed by atoms with Crippen LogP contribution in [0.3, 0.4) is 0 Å². The van der Waals surface area contributed by atoms with Gasteiger partial charge >= 0.3 is 0 Å². The minimum Gasteiger partial charge on any atom is -0.497 e. The number of hydrogen-bond acceptors (Lipinski definition) is 6. The number of anilines is 1. The van der Waals surface area contributed by atoms with Crippen molar-refractivity contribution in [1.29, 1.82) is 0 Å². The van der Waals surface area contributed by atoms with Crippen LogP contribution in [-0.2, 0) is 9.59 Å². The molecule has 36 heavy (non-hydrogen) atoms. The smallest absolute Gasteiger partial charge is 0.268 e. The number of aryl methyl sites for hydroxylation is 1. The van der Waals surface area contributed by atoms with E-state index in [1.54, 1.807) is 55.6 Å². The van der Waals surface area contributed by atoms with E-state index in [-0.39, 0.29) is 5.91 Å². The quantitative estimate of drug-likeness (QED) is 0.483. The standard InChI is InChI=1S/C27H24BrN3O5/c1-15-7-9-18(10-8-15)30-26(33)22-23(20-12-11-19(35-2)14-21(20)36-3)29-31(24(22)27(30)34)25(32)16-5-4-6-17(28)13-16/h4-14,22-24,29H,1-3H3/t22-,23+,24-/m1/s1. The third-order valence-corrected chi connectivity index (χ3v) is 7.09. The predicted molar refractivity (Wildman–Crippen MR) is 137 cm³/mol. The molecule has 0 spiro atoms. The monoisotopic (exact) mass is 549 g/mol. The Morgan fingerprint density at radius 1 is 0.944 bits per heavy atom. The van der Waals surface area contributed by atoms with E-state index in [9.17, 15) is 14.4 Å². The summed E-state index contributed by atoms with van der Waals surface area (Å²) in [5.41, 5.74) is 5.66. The number of ether oxygens (including phenoxy) is 2. The zero-order chi connectivity index (χ0) is 25.6. The summed E-state index contributed by atoms with van der Waals surface area (Å²) in [4.78, 5) is 42.3. The molecule has 0 saturated carbocycles. The number of methoxy groups -OCH3 is 2. The summed E-state index contributed by atoms with van der Waals surface area (Å²) in [5, 5.41) is 1.29. The van der Waals surface area contributed by atoms with Crippen molar-refractivity contribution in [3.63, 3.8) is 0 Å². The number of carbonyl (C=O) groups excluding carboxylic acids is 3. The fraction of sp³-hybridized carbons (Fsp3) is 0.222. The van der Waals surface area contributed by atoms with E-state index in [1.165, 1.54) is 17.0 Å². The average molecular weight is 550 g/mol. The van der Waals surface area contributed by atoms with Crippen molar-refractivity contribution in [2.45, 2.75) is 19.0 Å². The van der Waals surface area contributed by atoms with Crippen molar-refractivity contribution < 1.29 is 23.9 Å². The lowest BCUT2D eigenvalue weighted by Crippen LogP contribution is -2.48. The molecule has 0 radical (unpaired) electrons. The molecule has 3 atom stereocenters. The van der Waals surface area contributed by atoms with Crippen molar-refractivity contribution in [2.24, 2.45) is 5.92 Å². The molecule has 5 rings (SSSR count). The van der Waals surface area contributed by atoms with Crippen LogP contribution in [0.2, 0.25) is 0 Å². The first kappa shape index (κ1) is 24.0. The van der Waals surface area contributed by atoms with Gasteiger partial charge in [-0.2, -0.15) is 0 Å². The number of fused-ring (bicyclic) bond motifs is 1. The average Bonchev–Trinajstić information content (AvgIpc) is 3.40. The Morgan fingerprint density at radius 3 is 2.36 bits per heavy atom. The minimum absolute atomic E-state index is 0.381. The highest BCUT2D eigenvalue weighted by Crippen LogP contribution is 2.45. The molecule has 0 aromatic heterocycles. The van der Waals surface area contributed by atoms with Crippen LogP contribution in [0.15, 0.2) is 71.2 Å². The summed E-state index contributed by atoms with van der Waals surface area (Å²) in [6, 6.07) is 17.6. The van der Waals surface area contributed by atoms with E-state index in [0.717, 1.165) is 10.0 Å². The second-order valence-corrected chi connectivity index (χ2v) is 9.63.